The zero-order chi connectivity index (χ0) is 24.8. The van der Waals surface area contributed by atoms with E-state index in [0.717, 1.165) is 16.8 Å². The van der Waals surface area contributed by atoms with E-state index >= 15 is 0 Å². The molecule has 0 fully saturated rings. The van der Waals surface area contributed by atoms with Crippen LogP contribution < -0.4 is 15.0 Å². The van der Waals surface area contributed by atoms with Crippen LogP contribution >= 0.6 is 0 Å². The number of rotatable bonds is 5. The molecule has 4 aromatic carbocycles. The Bertz CT molecular complexity index is 1550. The lowest BCUT2D eigenvalue weighted by Gasteiger charge is -2.16. The van der Waals surface area contributed by atoms with Crippen molar-refractivity contribution < 1.29 is 19.1 Å². The summed E-state index contributed by atoms with van der Waals surface area (Å²) in [6.07, 6.45) is 0. The van der Waals surface area contributed by atoms with Crippen LogP contribution in [0, 0.1) is 0 Å². The van der Waals surface area contributed by atoms with E-state index in [0.29, 0.717) is 39.4 Å². The average molecular weight is 473 g/mol. The number of nitrogens with zero attached hydrogens (tertiary/aromatic N) is 1. The van der Waals surface area contributed by atoms with Gasteiger partial charge in [0.05, 0.1) is 35.2 Å². The molecule has 0 bridgehead atoms. The molecule has 0 spiro atoms. The van der Waals surface area contributed by atoms with Crippen LogP contribution in [-0.2, 0) is 0 Å². The number of ketones is 1. The van der Waals surface area contributed by atoms with E-state index in [4.69, 9.17) is 4.74 Å². The molecule has 36 heavy (non-hydrogen) atoms. The summed E-state index contributed by atoms with van der Waals surface area (Å²) in [5.74, 6) is -0.0197. The van der Waals surface area contributed by atoms with E-state index in [9.17, 15) is 14.4 Å². The number of carbonyl (C=O) groups is 3. The van der Waals surface area contributed by atoms with E-state index in [1.165, 1.54) is 4.90 Å². The molecule has 0 radical (unpaired) electrons. The molecule has 2 amide bonds. The van der Waals surface area contributed by atoms with Crippen molar-refractivity contribution in [3.05, 3.63) is 125 Å². The van der Waals surface area contributed by atoms with Crippen LogP contribution in [0.25, 0.3) is 11.3 Å². The zero-order valence-corrected chi connectivity index (χ0v) is 19.3. The van der Waals surface area contributed by atoms with Crippen LogP contribution in [0.2, 0.25) is 0 Å². The maximum atomic E-state index is 13.3. The Balaban J connectivity index is 1.35. The second kappa shape index (κ2) is 8.36. The van der Waals surface area contributed by atoms with Crippen molar-refractivity contribution in [2.75, 3.05) is 17.3 Å². The number of benzene rings is 4. The van der Waals surface area contributed by atoms with Crippen LogP contribution in [0.4, 0.5) is 11.4 Å². The number of hydrogen-bond donors (Lipinski definition) is 1. The van der Waals surface area contributed by atoms with Gasteiger partial charge in [0.2, 0.25) is 0 Å². The molecule has 1 N–H and O–H groups in total. The predicted octanol–water partition coefficient (Wildman–Crippen LogP) is 5.67. The van der Waals surface area contributed by atoms with Gasteiger partial charge >= 0.3 is 0 Å². The predicted molar refractivity (Wildman–Crippen MR) is 138 cm³/mol. The number of Topliss-reactive ketones (excluding diaryl/α,β-unsaturated/α-hetero) is 1. The van der Waals surface area contributed by atoms with Crippen LogP contribution in [-0.4, -0.2) is 24.7 Å². The molecule has 0 unspecified atom stereocenters. The largest absolute Gasteiger partial charge is 0.497 e. The Labute approximate surface area is 207 Å². The number of carbonyl (C=O) groups excluding carboxylic acids is 3. The molecule has 0 aromatic heterocycles. The fraction of sp³-hybridized carbons (Fsp3) is 0.0333. The first-order valence-corrected chi connectivity index (χ1v) is 11.4. The van der Waals surface area contributed by atoms with Crippen LogP contribution in [0.15, 0.2) is 97.1 Å². The van der Waals surface area contributed by atoms with Gasteiger partial charge < -0.3 is 10.1 Å². The normalized spacial score (nSPS) is 14.2. The Kier molecular flexibility index (Phi) is 5.00. The summed E-state index contributed by atoms with van der Waals surface area (Å²) in [5.41, 5.74) is 5.52. The van der Waals surface area contributed by atoms with Crippen molar-refractivity contribution in [1.29, 1.82) is 0 Å². The summed E-state index contributed by atoms with van der Waals surface area (Å²) in [6, 6.07) is 28.7. The second-order valence-electron chi connectivity index (χ2n) is 8.52. The average Bonchev–Trinajstić information content (AvgIpc) is 3.35. The quantitative estimate of drug-likeness (QED) is 0.379. The zero-order valence-electron chi connectivity index (χ0n) is 19.3. The second-order valence-corrected chi connectivity index (χ2v) is 8.52. The Morgan fingerprint density at radius 3 is 1.78 bits per heavy atom. The minimum atomic E-state index is -0.337. The van der Waals surface area contributed by atoms with Gasteiger partial charge in [-0.3, -0.25) is 14.4 Å². The van der Waals surface area contributed by atoms with Crippen LogP contribution in [0.3, 0.4) is 0 Å². The minimum absolute atomic E-state index is 0.0547. The molecule has 6 heteroatoms. The van der Waals surface area contributed by atoms with E-state index in [-0.39, 0.29) is 17.6 Å². The fourth-order valence-electron chi connectivity index (χ4n) is 4.71. The fourth-order valence-corrected chi connectivity index (χ4v) is 4.71. The van der Waals surface area contributed by atoms with Gasteiger partial charge in [0.1, 0.15) is 5.75 Å². The first-order valence-electron chi connectivity index (χ1n) is 11.4. The van der Waals surface area contributed by atoms with Gasteiger partial charge in [-0.05, 0) is 54.1 Å². The molecule has 0 atom stereocenters. The number of anilines is 2. The monoisotopic (exact) mass is 472 g/mol. The highest BCUT2D eigenvalue weighted by molar-refractivity contribution is 6.40. The van der Waals surface area contributed by atoms with Crippen LogP contribution in [0.1, 0.15) is 42.2 Å². The number of methoxy groups -OCH3 is 1. The number of nitrogens with one attached hydrogen (secondary N) is 1. The molecule has 4 aromatic rings. The molecule has 2 aliphatic rings. The smallest absolute Gasteiger partial charge is 0.266 e. The highest BCUT2D eigenvalue weighted by Gasteiger charge is 2.36. The van der Waals surface area contributed by atoms with Crippen molar-refractivity contribution in [1.82, 2.24) is 0 Å². The van der Waals surface area contributed by atoms with E-state index in [2.05, 4.69) is 5.32 Å². The molecule has 1 aliphatic carbocycles. The molecular weight excluding hydrogens is 452 g/mol. The molecule has 6 nitrogen and oxygen atoms in total. The number of ether oxygens (including phenoxy) is 1. The summed E-state index contributed by atoms with van der Waals surface area (Å²) in [4.78, 5) is 40.2. The van der Waals surface area contributed by atoms with Gasteiger partial charge in [-0.25, -0.2) is 4.90 Å². The lowest BCUT2D eigenvalue weighted by atomic mass is 10.0. The third-order valence-electron chi connectivity index (χ3n) is 6.49. The molecule has 174 valence electrons. The Morgan fingerprint density at radius 1 is 0.639 bits per heavy atom. The maximum Gasteiger partial charge on any atom is 0.266 e. The van der Waals surface area contributed by atoms with Crippen molar-refractivity contribution in [2.24, 2.45) is 0 Å². The Hall–Kier alpha value is -4.97. The van der Waals surface area contributed by atoms with Gasteiger partial charge in [0.15, 0.2) is 5.78 Å². The van der Waals surface area contributed by atoms with E-state index in [1.54, 1.807) is 55.6 Å². The van der Waals surface area contributed by atoms with Gasteiger partial charge in [-0.2, -0.15) is 0 Å². The molecule has 1 aliphatic heterocycles. The number of allylic oxidation sites excluding steroid dienone is 1. The highest BCUT2D eigenvalue weighted by atomic mass is 16.5. The van der Waals surface area contributed by atoms with E-state index < -0.39 is 0 Å². The SMILES string of the molecule is COc1ccc(C2=C(Nc3ccc(N4C(=O)c5ccccc5C4=O)cc3)c3ccccc3C2=O)cc1. The van der Waals surface area contributed by atoms with Crippen molar-refractivity contribution in [3.63, 3.8) is 0 Å². The number of imide groups is 1. The van der Waals surface area contributed by atoms with Crippen molar-refractivity contribution in [3.8, 4) is 5.75 Å². The van der Waals surface area contributed by atoms with Crippen LogP contribution in [0.5, 0.6) is 5.75 Å². The van der Waals surface area contributed by atoms with E-state index in [1.807, 2.05) is 48.5 Å². The number of fused-ring (bicyclic) bond motifs is 2. The lowest BCUT2D eigenvalue weighted by molar-refractivity contribution is 0.0925. The standard InChI is InChI=1S/C30H20N2O4/c1-36-21-16-10-18(11-17-21)26-27(22-6-2-3-7-23(22)28(26)33)31-19-12-14-20(15-13-19)32-29(34)24-8-4-5-9-25(24)30(32)35/h2-17,31H,1H3. The van der Waals surface area contributed by atoms with Gasteiger partial charge in [-0.1, -0.05) is 48.5 Å². The number of hydrogen-bond acceptors (Lipinski definition) is 5. The molecule has 6 rings (SSSR count). The van der Waals surface area contributed by atoms with Crippen molar-refractivity contribution >= 4 is 40.2 Å². The summed E-state index contributed by atoms with van der Waals surface area (Å²) >= 11 is 0. The lowest BCUT2D eigenvalue weighted by Crippen LogP contribution is -2.29. The molecule has 1 heterocycles. The molecule has 0 saturated carbocycles. The summed E-state index contributed by atoms with van der Waals surface area (Å²) in [5, 5.41) is 3.40. The molecule has 0 saturated heterocycles. The third kappa shape index (κ3) is 3.31. The van der Waals surface area contributed by atoms with Gasteiger partial charge in [0, 0.05) is 16.8 Å². The highest BCUT2D eigenvalue weighted by Crippen LogP contribution is 2.39. The Morgan fingerprint density at radius 2 is 1.19 bits per heavy atom. The summed E-state index contributed by atoms with van der Waals surface area (Å²) in [7, 11) is 1.60. The summed E-state index contributed by atoms with van der Waals surface area (Å²) in [6.45, 7) is 0. The maximum absolute atomic E-state index is 13.3. The number of amides is 2. The molecular formula is C30H20N2O4. The third-order valence-corrected chi connectivity index (χ3v) is 6.49. The topological polar surface area (TPSA) is 75.7 Å². The van der Waals surface area contributed by atoms with Gasteiger partial charge in [0.25, 0.3) is 11.8 Å². The summed E-state index contributed by atoms with van der Waals surface area (Å²) < 4.78 is 5.26. The first kappa shape index (κ1) is 21.6. The van der Waals surface area contributed by atoms with Crippen molar-refractivity contribution in [2.45, 2.75) is 0 Å². The minimum Gasteiger partial charge on any atom is -0.497 e. The first-order chi connectivity index (χ1) is 17.6. The van der Waals surface area contributed by atoms with Gasteiger partial charge in [-0.15, -0.1) is 0 Å².